The molecule has 0 aromatic heterocycles. The van der Waals surface area contributed by atoms with Gasteiger partial charge in [0.15, 0.2) is 0 Å². The summed E-state index contributed by atoms with van der Waals surface area (Å²) >= 11 is 0. The molecule has 1 saturated heterocycles. The molecule has 2 aliphatic rings. The van der Waals surface area contributed by atoms with Crippen molar-refractivity contribution in [3.8, 4) is 11.5 Å². The van der Waals surface area contributed by atoms with E-state index in [-0.39, 0.29) is 5.75 Å². The van der Waals surface area contributed by atoms with Gasteiger partial charge in [-0.1, -0.05) is 6.07 Å². The monoisotopic (exact) mass is 234 g/mol. The highest BCUT2D eigenvalue weighted by Gasteiger charge is 2.28. The Morgan fingerprint density at radius 3 is 2.76 bits per heavy atom. The Hall–Kier alpha value is -1.22. The first-order valence-corrected chi connectivity index (χ1v) is 6.35. The van der Waals surface area contributed by atoms with Crippen LogP contribution in [0.4, 0.5) is 0 Å². The molecule has 0 radical (unpaired) electrons. The normalized spacial score (nSPS) is 25.1. The van der Waals surface area contributed by atoms with E-state index in [0.717, 1.165) is 50.8 Å². The lowest BCUT2D eigenvalue weighted by atomic mass is 9.81. The summed E-state index contributed by atoms with van der Waals surface area (Å²) in [5.74, 6) is 2.48. The molecule has 0 amide bonds. The summed E-state index contributed by atoms with van der Waals surface area (Å²) in [6, 6.07) is 5.44. The zero-order valence-electron chi connectivity index (χ0n) is 9.89. The smallest absolute Gasteiger partial charge is 0.126 e. The second-order valence-corrected chi connectivity index (χ2v) is 5.02. The molecule has 0 aliphatic carbocycles. The summed E-state index contributed by atoms with van der Waals surface area (Å²) in [7, 11) is 0. The first-order valence-electron chi connectivity index (χ1n) is 6.35. The molecule has 2 heterocycles. The van der Waals surface area contributed by atoms with Crippen LogP contribution in [-0.2, 0) is 11.2 Å². The lowest BCUT2D eigenvalue weighted by molar-refractivity contribution is 0.0323. The number of phenols is 1. The molecule has 0 bridgehead atoms. The van der Waals surface area contributed by atoms with Crippen molar-refractivity contribution in [1.82, 2.24) is 0 Å². The van der Waals surface area contributed by atoms with Crippen molar-refractivity contribution in [2.24, 2.45) is 11.8 Å². The Bertz CT molecular complexity index is 396. The van der Waals surface area contributed by atoms with E-state index in [4.69, 9.17) is 9.47 Å². The van der Waals surface area contributed by atoms with Gasteiger partial charge < -0.3 is 14.6 Å². The molecule has 1 aromatic carbocycles. The van der Waals surface area contributed by atoms with Gasteiger partial charge in [0, 0.05) is 25.2 Å². The van der Waals surface area contributed by atoms with E-state index in [1.807, 2.05) is 6.07 Å². The summed E-state index contributed by atoms with van der Waals surface area (Å²) in [6.45, 7) is 2.56. The molecule has 0 spiro atoms. The molecule has 3 nitrogen and oxygen atoms in total. The van der Waals surface area contributed by atoms with Crippen LogP contribution in [0, 0.1) is 11.8 Å². The minimum atomic E-state index is 0.285. The lowest BCUT2D eigenvalue weighted by Gasteiger charge is -2.33. The lowest BCUT2D eigenvalue weighted by Crippen LogP contribution is -2.31. The maximum absolute atomic E-state index is 9.41. The molecule has 3 heteroatoms. The fraction of sp³-hybridized carbons (Fsp3) is 0.571. The van der Waals surface area contributed by atoms with Crippen LogP contribution in [-0.4, -0.2) is 24.9 Å². The highest BCUT2D eigenvalue weighted by atomic mass is 16.5. The predicted octanol–water partition coefficient (Wildman–Crippen LogP) is 2.37. The first kappa shape index (κ1) is 10.9. The Morgan fingerprint density at radius 1 is 1.12 bits per heavy atom. The van der Waals surface area contributed by atoms with Crippen molar-refractivity contribution in [1.29, 1.82) is 0 Å². The van der Waals surface area contributed by atoms with Gasteiger partial charge in [-0.05, 0) is 36.8 Å². The van der Waals surface area contributed by atoms with Crippen LogP contribution in [0.3, 0.4) is 0 Å². The van der Waals surface area contributed by atoms with Crippen LogP contribution < -0.4 is 4.74 Å². The van der Waals surface area contributed by atoms with Crippen LogP contribution in [0.2, 0.25) is 0 Å². The summed E-state index contributed by atoms with van der Waals surface area (Å²) < 4.78 is 11.2. The number of hydrogen-bond donors (Lipinski definition) is 1. The fourth-order valence-corrected chi connectivity index (χ4v) is 2.87. The maximum Gasteiger partial charge on any atom is 0.126 e. The molecule has 92 valence electrons. The van der Waals surface area contributed by atoms with Crippen LogP contribution in [0.5, 0.6) is 11.5 Å². The van der Waals surface area contributed by atoms with E-state index < -0.39 is 0 Å². The van der Waals surface area contributed by atoms with Crippen molar-refractivity contribution >= 4 is 0 Å². The highest BCUT2D eigenvalue weighted by molar-refractivity contribution is 5.41. The van der Waals surface area contributed by atoms with E-state index >= 15 is 0 Å². The molecule has 3 rings (SSSR count). The number of fused-ring (bicyclic) bond motifs is 1. The summed E-state index contributed by atoms with van der Waals surface area (Å²) in [5, 5.41) is 9.41. The highest BCUT2D eigenvalue weighted by Crippen LogP contribution is 2.35. The number of rotatable bonds is 1. The van der Waals surface area contributed by atoms with Gasteiger partial charge in [-0.3, -0.25) is 0 Å². The number of hydrogen-bond acceptors (Lipinski definition) is 3. The largest absolute Gasteiger partial charge is 0.508 e. The van der Waals surface area contributed by atoms with E-state index in [2.05, 4.69) is 0 Å². The number of ether oxygens (including phenoxy) is 2. The van der Waals surface area contributed by atoms with E-state index in [1.165, 1.54) is 5.56 Å². The fourth-order valence-electron chi connectivity index (χ4n) is 2.87. The third kappa shape index (κ3) is 2.25. The molecule has 2 aliphatic heterocycles. The summed E-state index contributed by atoms with van der Waals surface area (Å²) in [6.07, 6.45) is 3.38. The summed E-state index contributed by atoms with van der Waals surface area (Å²) in [4.78, 5) is 0. The Balaban J connectivity index is 1.73. The molecular formula is C14H18O3. The second-order valence-electron chi connectivity index (χ2n) is 5.02. The minimum absolute atomic E-state index is 0.285. The van der Waals surface area contributed by atoms with Crippen LogP contribution in [0.1, 0.15) is 18.4 Å². The molecule has 1 N–H and O–H groups in total. The zero-order chi connectivity index (χ0) is 11.7. The Kier molecular flexibility index (Phi) is 2.93. The predicted molar refractivity (Wildman–Crippen MR) is 64.3 cm³/mol. The van der Waals surface area contributed by atoms with Crippen molar-refractivity contribution in [2.75, 3.05) is 19.8 Å². The van der Waals surface area contributed by atoms with Crippen LogP contribution in [0.15, 0.2) is 18.2 Å². The van der Waals surface area contributed by atoms with Crippen molar-refractivity contribution < 1.29 is 14.6 Å². The average Bonchev–Trinajstić information content (AvgIpc) is 2.39. The second kappa shape index (κ2) is 4.57. The molecular weight excluding hydrogens is 216 g/mol. The first-order chi connectivity index (χ1) is 8.33. The Labute approximate surface area is 101 Å². The van der Waals surface area contributed by atoms with Crippen molar-refractivity contribution in [3.63, 3.8) is 0 Å². The van der Waals surface area contributed by atoms with Gasteiger partial charge in [0.2, 0.25) is 0 Å². The molecule has 1 atom stereocenters. The van der Waals surface area contributed by atoms with E-state index in [9.17, 15) is 5.11 Å². The molecule has 1 aromatic rings. The topological polar surface area (TPSA) is 38.7 Å². The SMILES string of the molecule is Oc1ccc2c(c1)OCC(C1CCOCC1)C2. The minimum Gasteiger partial charge on any atom is -0.508 e. The van der Waals surface area contributed by atoms with Gasteiger partial charge in [0.1, 0.15) is 11.5 Å². The van der Waals surface area contributed by atoms with Gasteiger partial charge in [-0.15, -0.1) is 0 Å². The van der Waals surface area contributed by atoms with Gasteiger partial charge in [0.25, 0.3) is 0 Å². The summed E-state index contributed by atoms with van der Waals surface area (Å²) in [5.41, 5.74) is 1.23. The zero-order valence-corrected chi connectivity index (χ0v) is 9.89. The molecule has 1 fully saturated rings. The van der Waals surface area contributed by atoms with Gasteiger partial charge in [-0.2, -0.15) is 0 Å². The molecule has 0 saturated carbocycles. The average molecular weight is 234 g/mol. The standard InChI is InChI=1S/C14H18O3/c15-13-2-1-11-7-12(9-17-14(11)8-13)10-3-5-16-6-4-10/h1-2,8,10,12,15H,3-7,9H2. The quantitative estimate of drug-likeness (QED) is 0.810. The van der Waals surface area contributed by atoms with Crippen molar-refractivity contribution in [3.05, 3.63) is 23.8 Å². The van der Waals surface area contributed by atoms with Gasteiger partial charge in [0.05, 0.1) is 6.61 Å². The van der Waals surface area contributed by atoms with Crippen molar-refractivity contribution in [2.45, 2.75) is 19.3 Å². The third-order valence-electron chi connectivity index (χ3n) is 3.92. The third-order valence-corrected chi connectivity index (χ3v) is 3.92. The van der Waals surface area contributed by atoms with Gasteiger partial charge >= 0.3 is 0 Å². The van der Waals surface area contributed by atoms with Crippen LogP contribution >= 0.6 is 0 Å². The van der Waals surface area contributed by atoms with Crippen LogP contribution in [0.25, 0.3) is 0 Å². The van der Waals surface area contributed by atoms with E-state index in [1.54, 1.807) is 12.1 Å². The molecule has 1 unspecified atom stereocenters. The Morgan fingerprint density at radius 2 is 1.94 bits per heavy atom. The van der Waals surface area contributed by atoms with Gasteiger partial charge in [-0.25, -0.2) is 0 Å². The molecule has 17 heavy (non-hydrogen) atoms. The number of benzene rings is 1. The number of aromatic hydroxyl groups is 1. The maximum atomic E-state index is 9.41. The van der Waals surface area contributed by atoms with E-state index in [0.29, 0.717) is 5.92 Å². The number of phenolic OH excluding ortho intramolecular Hbond substituents is 1.